The first-order chi connectivity index (χ1) is 6.51. The molecule has 0 spiro atoms. The Hall–Kier alpha value is -0.120. The lowest BCUT2D eigenvalue weighted by Gasteiger charge is -2.29. The molecule has 3 nitrogen and oxygen atoms in total. The Morgan fingerprint density at radius 1 is 1.43 bits per heavy atom. The number of rotatable bonds is 3. The topological polar surface area (TPSA) is 49.5 Å². The SMILES string of the molecule is CC(C)(O)CN1CCCCC(CN)C1. The normalized spacial score (nSPS) is 26.1. The van der Waals surface area contributed by atoms with Gasteiger partial charge in [-0.15, -0.1) is 0 Å². The summed E-state index contributed by atoms with van der Waals surface area (Å²) in [5.74, 6) is 0.625. The van der Waals surface area contributed by atoms with E-state index in [1.165, 1.54) is 19.3 Å². The van der Waals surface area contributed by atoms with Crippen LogP contribution >= 0.6 is 0 Å². The Morgan fingerprint density at radius 3 is 2.71 bits per heavy atom. The molecule has 1 aliphatic rings. The molecule has 14 heavy (non-hydrogen) atoms. The molecular weight excluding hydrogens is 176 g/mol. The van der Waals surface area contributed by atoms with Gasteiger partial charge in [0.25, 0.3) is 0 Å². The average molecular weight is 200 g/mol. The first kappa shape index (κ1) is 12.0. The van der Waals surface area contributed by atoms with Crippen molar-refractivity contribution in [3.05, 3.63) is 0 Å². The summed E-state index contributed by atoms with van der Waals surface area (Å²) in [4.78, 5) is 2.35. The van der Waals surface area contributed by atoms with Crippen molar-refractivity contribution in [3.8, 4) is 0 Å². The van der Waals surface area contributed by atoms with Gasteiger partial charge in [-0.3, -0.25) is 0 Å². The minimum atomic E-state index is -0.580. The van der Waals surface area contributed by atoms with E-state index < -0.39 is 5.60 Å². The summed E-state index contributed by atoms with van der Waals surface area (Å²) in [6.07, 6.45) is 3.77. The first-order valence-corrected chi connectivity index (χ1v) is 5.66. The molecular formula is C11H24N2O. The summed E-state index contributed by atoms with van der Waals surface area (Å²) in [7, 11) is 0. The summed E-state index contributed by atoms with van der Waals surface area (Å²) >= 11 is 0. The Kier molecular flexibility index (Phi) is 4.35. The Bertz CT molecular complexity index is 165. The number of nitrogens with zero attached hydrogens (tertiary/aromatic N) is 1. The fraction of sp³-hybridized carbons (Fsp3) is 1.00. The zero-order valence-electron chi connectivity index (χ0n) is 9.50. The molecule has 1 atom stereocenters. The summed E-state index contributed by atoms with van der Waals surface area (Å²) in [6.45, 7) is 7.46. The molecule has 0 aromatic rings. The first-order valence-electron chi connectivity index (χ1n) is 5.66. The molecule has 1 rings (SSSR count). The average Bonchev–Trinajstić information content (AvgIpc) is 2.26. The van der Waals surface area contributed by atoms with E-state index in [0.717, 1.165) is 26.2 Å². The molecule has 1 saturated heterocycles. The smallest absolute Gasteiger partial charge is 0.0718 e. The van der Waals surface area contributed by atoms with E-state index in [1.807, 2.05) is 13.8 Å². The van der Waals surface area contributed by atoms with E-state index in [1.54, 1.807) is 0 Å². The van der Waals surface area contributed by atoms with Gasteiger partial charge in [0.05, 0.1) is 5.60 Å². The highest BCUT2D eigenvalue weighted by Gasteiger charge is 2.22. The molecule has 3 N–H and O–H groups in total. The number of nitrogens with two attached hydrogens (primary N) is 1. The van der Waals surface area contributed by atoms with Crippen LogP contribution in [0.1, 0.15) is 33.1 Å². The third kappa shape index (κ3) is 4.40. The van der Waals surface area contributed by atoms with Crippen LogP contribution in [0.3, 0.4) is 0 Å². The van der Waals surface area contributed by atoms with Crippen LogP contribution in [0, 0.1) is 5.92 Å². The van der Waals surface area contributed by atoms with Crippen LogP contribution < -0.4 is 5.73 Å². The maximum absolute atomic E-state index is 9.75. The van der Waals surface area contributed by atoms with Gasteiger partial charge in [-0.1, -0.05) is 6.42 Å². The van der Waals surface area contributed by atoms with Crippen LogP contribution in [0.15, 0.2) is 0 Å². The molecule has 0 amide bonds. The van der Waals surface area contributed by atoms with Crippen LogP contribution in [-0.2, 0) is 0 Å². The lowest BCUT2D eigenvalue weighted by molar-refractivity contribution is 0.0338. The van der Waals surface area contributed by atoms with E-state index in [0.29, 0.717) is 5.92 Å². The predicted octanol–water partition coefficient (Wildman–Crippen LogP) is 0.818. The van der Waals surface area contributed by atoms with Gasteiger partial charge in [0.15, 0.2) is 0 Å². The van der Waals surface area contributed by atoms with Crippen LogP contribution in [0.25, 0.3) is 0 Å². The molecule has 0 radical (unpaired) electrons. The molecule has 0 aromatic heterocycles. The van der Waals surface area contributed by atoms with Gasteiger partial charge >= 0.3 is 0 Å². The molecule has 0 aliphatic carbocycles. The van der Waals surface area contributed by atoms with Gasteiger partial charge in [-0.2, -0.15) is 0 Å². The second-order valence-corrected chi connectivity index (χ2v) is 5.15. The quantitative estimate of drug-likeness (QED) is 0.709. The number of likely N-dealkylation sites (tertiary alicyclic amines) is 1. The largest absolute Gasteiger partial charge is 0.389 e. The maximum atomic E-state index is 9.75. The fourth-order valence-electron chi connectivity index (χ4n) is 2.20. The highest BCUT2D eigenvalue weighted by atomic mass is 16.3. The summed E-state index contributed by atoms with van der Waals surface area (Å²) in [5.41, 5.74) is 5.13. The van der Waals surface area contributed by atoms with E-state index in [2.05, 4.69) is 4.90 Å². The second-order valence-electron chi connectivity index (χ2n) is 5.15. The lowest BCUT2D eigenvalue weighted by atomic mass is 10.0. The number of aliphatic hydroxyl groups is 1. The minimum Gasteiger partial charge on any atom is -0.389 e. The van der Waals surface area contributed by atoms with Gasteiger partial charge in [0.1, 0.15) is 0 Å². The molecule has 3 heteroatoms. The monoisotopic (exact) mass is 200 g/mol. The van der Waals surface area contributed by atoms with Crippen molar-refractivity contribution < 1.29 is 5.11 Å². The molecule has 0 saturated carbocycles. The number of β-amino-alcohol motifs (C(OH)–C–C–N with tert-alkyl or cyclic N) is 1. The molecule has 1 unspecified atom stereocenters. The Morgan fingerprint density at radius 2 is 2.14 bits per heavy atom. The zero-order chi connectivity index (χ0) is 10.6. The second kappa shape index (κ2) is 5.10. The van der Waals surface area contributed by atoms with Crippen molar-refractivity contribution in [1.29, 1.82) is 0 Å². The van der Waals surface area contributed by atoms with Crippen LogP contribution in [0.4, 0.5) is 0 Å². The van der Waals surface area contributed by atoms with Gasteiger partial charge in [-0.05, 0) is 45.7 Å². The van der Waals surface area contributed by atoms with E-state index in [9.17, 15) is 5.11 Å². The highest BCUT2D eigenvalue weighted by molar-refractivity contribution is 4.77. The number of hydrogen-bond acceptors (Lipinski definition) is 3. The van der Waals surface area contributed by atoms with Gasteiger partial charge in [0, 0.05) is 13.1 Å². The standard InChI is InChI=1S/C11H24N2O/c1-11(2,14)9-13-6-4-3-5-10(7-12)8-13/h10,14H,3-9,12H2,1-2H3. The summed E-state index contributed by atoms with van der Waals surface area (Å²) in [5, 5.41) is 9.75. The van der Waals surface area contributed by atoms with Crippen molar-refractivity contribution >= 4 is 0 Å². The third-order valence-electron chi connectivity index (χ3n) is 2.80. The molecule has 0 bridgehead atoms. The van der Waals surface area contributed by atoms with Crippen molar-refractivity contribution in [2.24, 2.45) is 11.7 Å². The predicted molar refractivity (Wildman–Crippen MR) is 59.1 cm³/mol. The lowest BCUT2D eigenvalue weighted by Crippen LogP contribution is -2.41. The van der Waals surface area contributed by atoms with Gasteiger partial charge in [0.2, 0.25) is 0 Å². The Labute approximate surface area is 87.3 Å². The van der Waals surface area contributed by atoms with Crippen LogP contribution in [0.5, 0.6) is 0 Å². The molecule has 1 aliphatic heterocycles. The minimum absolute atomic E-state index is 0.580. The Balaban J connectivity index is 2.43. The van der Waals surface area contributed by atoms with Crippen LogP contribution in [-0.4, -0.2) is 41.8 Å². The van der Waals surface area contributed by atoms with E-state index in [4.69, 9.17) is 5.73 Å². The summed E-state index contributed by atoms with van der Waals surface area (Å²) < 4.78 is 0. The molecule has 1 fully saturated rings. The number of hydrogen-bond donors (Lipinski definition) is 2. The van der Waals surface area contributed by atoms with Crippen LogP contribution in [0.2, 0.25) is 0 Å². The van der Waals surface area contributed by atoms with Gasteiger partial charge < -0.3 is 15.7 Å². The van der Waals surface area contributed by atoms with E-state index >= 15 is 0 Å². The van der Waals surface area contributed by atoms with E-state index in [-0.39, 0.29) is 0 Å². The fourth-order valence-corrected chi connectivity index (χ4v) is 2.20. The third-order valence-corrected chi connectivity index (χ3v) is 2.80. The molecule has 84 valence electrons. The van der Waals surface area contributed by atoms with Gasteiger partial charge in [-0.25, -0.2) is 0 Å². The van der Waals surface area contributed by atoms with Crippen molar-refractivity contribution in [1.82, 2.24) is 4.90 Å². The van der Waals surface area contributed by atoms with Crippen molar-refractivity contribution in [2.45, 2.75) is 38.7 Å². The van der Waals surface area contributed by atoms with Crippen molar-refractivity contribution in [2.75, 3.05) is 26.2 Å². The highest BCUT2D eigenvalue weighted by Crippen LogP contribution is 2.17. The van der Waals surface area contributed by atoms with Crippen molar-refractivity contribution in [3.63, 3.8) is 0 Å². The summed E-state index contributed by atoms with van der Waals surface area (Å²) in [6, 6.07) is 0. The zero-order valence-corrected chi connectivity index (χ0v) is 9.50. The molecule has 1 heterocycles. The maximum Gasteiger partial charge on any atom is 0.0718 e. The molecule has 0 aromatic carbocycles.